The van der Waals surface area contributed by atoms with Crippen molar-refractivity contribution in [1.82, 2.24) is 15.1 Å². The van der Waals surface area contributed by atoms with Crippen molar-refractivity contribution < 1.29 is 4.39 Å². The Morgan fingerprint density at radius 1 is 1.40 bits per heavy atom. The normalized spacial score (nSPS) is 20.4. The van der Waals surface area contributed by atoms with Crippen LogP contribution in [0.4, 0.5) is 4.39 Å². The van der Waals surface area contributed by atoms with Crippen LogP contribution in [0.5, 0.6) is 0 Å². The summed E-state index contributed by atoms with van der Waals surface area (Å²) in [5, 5.41) is 12.2. The van der Waals surface area contributed by atoms with Crippen LogP contribution in [0.3, 0.4) is 0 Å². The number of guanidine groups is 1. The predicted octanol–water partition coefficient (Wildman–Crippen LogP) is 2.34. The largest absolute Gasteiger partial charge is 0.352 e. The molecule has 1 atom stereocenters. The number of benzene rings is 1. The number of aliphatic imine (C=N–C) groups is 1. The van der Waals surface area contributed by atoms with Gasteiger partial charge in [0.25, 0.3) is 0 Å². The molecule has 0 radical (unpaired) electrons. The van der Waals surface area contributed by atoms with Gasteiger partial charge in [-0.05, 0) is 24.6 Å². The summed E-state index contributed by atoms with van der Waals surface area (Å²) in [4.78, 5) is 9.01. The van der Waals surface area contributed by atoms with Gasteiger partial charge in [0, 0.05) is 51.4 Å². The van der Waals surface area contributed by atoms with E-state index in [4.69, 9.17) is 5.26 Å². The lowest BCUT2D eigenvalue weighted by atomic mass is 10.1. The highest BCUT2D eigenvalue weighted by Crippen LogP contribution is 2.18. The zero-order valence-electron chi connectivity index (χ0n) is 14.3. The van der Waals surface area contributed by atoms with Gasteiger partial charge < -0.3 is 10.2 Å². The monoisotopic (exact) mass is 455 g/mol. The first-order chi connectivity index (χ1) is 11.7. The zero-order chi connectivity index (χ0) is 16.9. The van der Waals surface area contributed by atoms with Crippen molar-refractivity contribution in [2.75, 3.05) is 33.2 Å². The van der Waals surface area contributed by atoms with Crippen LogP contribution in [0.1, 0.15) is 17.5 Å². The number of likely N-dealkylation sites (tertiary alicyclic amines) is 1. The van der Waals surface area contributed by atoms with Crippen LogP contribution < -0.4 is 5.32 Å². The maximum Gasteiger partial charge on any atom is 0.193 e. The van der Waals surface area contributed by atoms with E-state index in [0.29, 0.717) is 23.7 Å². The zero-order valence-corrected chi connectivity index (χ0v) is 16.6. The summed E-state index contributed by atoms with van der Waals surface area (Å²) >= 11 is 0. The topological polar surface area (TPSA) is 54.7 Å². The Morgan fingerprint density at radius 3 is 2.84 bits per heavy atom. The van der Waals surface area contributed by atoms with Gasteiger partial charge in [0.15, 0.2) is 5.96 Å². The van der Waals surface area contributed by atoms with Crippen LogP contribution in [-0.2, 0) is 6.54 Å². The summed E-state index contributed by atoms with van der Waals surface area (Å²) in [6.45, 7) is 4.25. The van der Waals surface area contributed by atoms with Gasteiger partial charge in [0.2, 0.25) is 0 Å². The molecule has 0 saturated carbocycles. The van der Waals surface area contributed by atoms with Crippen LogP contribution >= 0.6 is 24.0 Å². The fourth-order valence-electron chi connectivity index (χ4n) is 3.31. The van der Waals surface area contributed by atoms with Crippen molar-refractivity contribution in [3.8, 4) is 6.07 Å². The lowest BCUT2D eigenvalue weighted by Crippen LogP contribution is -2.42. The molecule has 0 amide bonds. The summed E-state index contributed by atoms with van der Waals surface area (Å²) in [5.41, 5.74) is 0.945. The smallest absolute Gasteiger partial charge is 0.193 e. The molecule has 1 unspecified atom stereocenters. The van der Waals surface area contributed by atoms with Gasteiger partial charge in [-0.3, -0.25) is 9.89 Å². The summed E-state index contributed by atoms with van der Waals surface area (Å²) < 4.78 is 13.9. The number of nitrogens with zero attached hydrogens (tertiary/aromatic N) is 4. The molecule has 25 heavy (non-hydrogen) atoms. The van der Waals surface area contributed by atoms with E-state index in [0.717, 1.165) is 38.6 Å². The van der Waals surface area contributed by atoms with Gasteiger partial charge in [-0.15, -0.1) is 24.0 Å². The van der Waals surface area contributed by atoms with Crippen molar-refractivity contribution in [2.24, 2.45) is 4.99 Å². The molecule has 2 aliphatic heterocycles. The van der Waals surface area contributed by atoms with Crippen molar-refractivity contribution >= 4 is 29.9 Å². The molecule has 1 fully saturated rings. The highest BCUT2D eigenvalue weighted by atomic mass is 127. The van der Waals surface area contributed by atoms with E-state index in [1.165, 1.54) is 12.1 Å². The molecule has 134 valence electrons. The summed E-state index contributed by atoms with van der Waals surface area (Å²) in [7, 11) is 1.75. The summed E-state index contributed by atoms with van der Waals surface area (Å²) in [5.74, 6) is 0.478. The van der Waals surface area contributed by atoms with Gasteiger partial charge in [-0.25, -0.2) is 4.39 Å². The Morgan fingerprint density at radius 2 is 2.16 bits per heavy atom. The maximum atomic E-state index is 13.9. The summed E-state index contributed by atoms with van der Waals surface area (Å²) in [6.07, 6.45) is 5.53. The Kier molecular flexibility index (Phi) is 7.20. The Labute approximate surface area is 165 Å². The van der Waals surface area contributed by atoms with Crippen molar-refractivity contribution in [3.63, 3.8) is 0 Å². The van der Waals surface area contributed by atoms with Gasteiger partial charge >= 0.3 is 0 Å². The molecule has 1 aromatic carbocycles. The Balaban J connectivity index is 0.00000225. The predicted molar refractivity (Wildman–Crippen MR) is 107 cm³/mol. The third-order valence-corrected chi connectivity index (χ3v) is 4.65. The van der Waals surface area contributed by atoms with E-state index in [9.17, 15) is 4.39 Å². The molecule has 2 aliphatic rings. The number of nitriles is 1. The maximum absolute atomic E-state index is 13.9. The van der Waals surface area contributed by atoms with Gasteiger partial charge in [-0.2, -0.15) is 5.26 Å². The number of hydrogen-bond donors (Lipinski definition) is 1. The molecule has 0 bridgehead atoms. The number of hydrogen-bond acceptors (Lipinski definition) is 3. The molecular formula is C18H23FIN5. The third kappa shape index (κ3) is 4.70. The molecule has 0 aliphatic carbocycles. The molecule has 0 spiro atoms. The van der Waals surface area contributed by atoms with Crippen molar-refractivity contribution in [3.05, 3.63) is 47.3 Å². The molecule has 2 heterocycles. The standard InChI is InChI=1S/C18H22FN5.HI/c1-21-18(22-12-15-10-14(11-20)4-5-17(15)19)24-9-6-16(13-24)23-7-2-3-8-23;/h2-5,10,16H,6-9,12-13H2,1H3,(H,21,22);1H. The Hall–Kier alpha value is -1.66. The van der Waals surface area contributed by atoms with E-state index in [2.05, 4.69) is 32.3 Å². The summed E-state index contributed by atoms with van der Waals surface area (Å²) in [6, 6.07) is 6.99. The van der Waals surface area contributed by atoms with Crippen LogP contribution in [0, 0.1) is 17.1 Å². The van der Waals surface area contributed by atoms with Crippen molar-refractivity contribution in [2.45, 2.75) is 19.0 Å². The molecule has 1 saturated heterocycles. The second-order valence-corrected chi connectivity index (χ2v) is 6.13. The first-order valence-corrected chi connectivity index (χ1v) is 8.24. The fraction of sp³-hybridized carbons (Fsp3) is 0.444. The minimum Gasteiger partial charge on any atom is -0.352 e. The first-order valence-electron chi connectivity index (χ1n) is 8.24. The SMILES string of the molecule is CN=C(NCc1cc(C#N)ccc1F)N1CCC(N2CC=CC2)C1.I. The lowest BCUT2D eigenvalue weighted by Gasteiger charge is -2.25. The lowest BCUT2D eigenvalue weighted by molar-refractivity contribution is 0.259. The molecule has 1 aromatic rings. The van der Waals surface area contributed by atoms with E-state index in [-0.39, 0.29) is 29.8 Å². The van der Waals surface area contributed by atoms with E-state index < -0.39 is 0 Å². The number of nitrogens with one attached hydrogen (secondary N) is 1. The first kappa shape index (κ1) is 19.7. The van der Waals surface area contributed by atoms with Crippen LogP contribution in [0.15, 0.2) is 35.3 Å². The van der Waals surface area contributed by atoms with Gasteiger partial charge in [0.1, 0.15) is 5.82 Å². The van der Waals surface area contributed by atoms with Crippen molar-refractivity contribution in [1.29, 1.82) is 5.26 Å². The van der Waals surface area contributed by atoms with Crippen LogP contribution in [0.25, 0.3) is 0 Å². The van der Waals surface area contributed by atoms with E-state index in [1.807, 2.05) is 6.07 Å². The quantitative estimate of drug-likeness (QED) is 0.329. The fourth-order valence-corrected chi connectivity index (χ4v) is 3.31. The van der Waals surface area contributed by atoms with E-state index >= 15 is 0 Å². The minimum atomic E-state index is -0.306. The second-order valence-electron chi connectivity index (χ2n) is 6.13. The molecule has 7 heteroatoms. The molecule has 1 N–H and O–H groups in total. The third-order valence-electron chi connectivity index (χ3n) is 4.65. The minimum absolute atomic E-state index is 0. The van der Waals surface area contributed by atoms with Gasteiger partial charge in [0.05, 0.1) is 11.6 Å². The average molecular weight is 455 g/mol. The number of rotatable bonds is 3. The molecule has 5 nitrogen and oxygen atoms in total. The van der Waals surface area contributed by atoms with Gasteiger partial charge in [-0.1, -0.05) is 12.2 Å². The average Bonchev–Trinajstić information content (AvgIpc) is 3.28. The molecule has 3 rings (SSSR count). The van der Waals surface area contributed by atoms with Crippen LogP contribution in [-0.4, -0.2) is 55.0 Å². The molecule has 0 aromatic heterocycles. The Bertz CT molecular complexity index is 689. The number of halogens is 2. The second kappa shape index (κ2) is 9.15. The molecular weight excluding hydrogens is 432 g/mol. The van der Waals surface area contributed by atoms with E-state index in [1.54, 1.807) is 13.1 Å². The highest BCUT2D eigenvalue weighted by Gasteiger charge is 2.29. The van der Waals surface area contributed by atoms with Crippen LogP contribution in [0.2, 0.25) is 0 Å². The highest BCUT2D eigenvalue weighted by molar-refractivity contribution is 14.0.